The fraction of sp³-hybridized carbons (Fsp3) is 0.636. The van der Waals surface area contributed by atoms with Crippen molar-refractivity contribution in [3.05, 3.63) is 12.2 Å². The van der Waals surface area contributed by atoms with Crippen LogP contribution < -0.4 is 0 Å². The van der Waals surface area contributed by atoms with Gasteiger partial charge in [-0.1, -0.05) is 37.8 Å². The fourth-order valence-electron chi connectivity index (χ4n) is 0.765. The topological polar surface area (TPSA) is 0 Å². The first kappa shape index (κ1) is 10.3. The zero-order valence-electron chi connectivity index (χ0n) is 7.74. The van der Waals surface area contributed by atoms with Gasteiger partial charge in [0.2, 0.25) is 0 Å². The van der Waals surface area contributed by atoms with E-state index in [1.54, 1.807) is 0 Å². The van der Waals surface area contributed by atoms with E-state index in [1.807, 2.05) is 6.92 Å². The van der Waals surface area contributed by atoms with Crippen LogP contribution in [0.3, 0.4) is 0 Å². The summed E-state index contributed by atoms with van der Waals surface area (Å²) in [5, 5.41) is 0. The summed E-state index contributed by atoms with van der Waals surface area (Å²) >= 11 is 0. The Hall–Kier alpha value is -0.700. The summed E-state index contributed by atoms with van der Waals surface area (Å²) in [6.45, 7) is 8.01. The van der Waals surface area contributed by atoms with Gasteiger partial charge in [0.25, 0.3) is 0 Å². The van der Waals surface area contributed by atoms with Crippen molar-refractivity contribution in [2.45, 2.75) is 46.0 Å². The Kier molecular flexibility index (Phi) is 6.94. The standard InChI is InChI=1S/C11H18/c1-4-5-6-7-8-9-10-11(2)3/h2,4-7,10H2,1,3H3. The van der Waals surface area contributed by atoms with Crippen molar-refractivity contribution in [3.8, 4) is 11.8 Å². The largest absolute Gasteiger partial charge is 0.103 e. The third-order valence-electron chi connectivity index (χ3n) is 1.42. The van der Waals surface area contributed by atoms with E-state index in [4.69, 9.17) is 0 Å². The van der Waals surface area contributed by atoms with Crippen LogP contribution in [-0.2, 0) is 0 Å². The van der Waals surface area contributed by atoms with E-state index in [2.05, 4.69) is 25.3 Å². The number of hydrogen-bond acceptors (Lipinski definition) is 0. The van der Waals surface area contributed by atoms with Crippen LogP contribution in [0.4, 0.5) is 0 Å². The highest BCUT2D eigenvalue weighted by molar-refractivity contribution is 5.08. The molecule has 0 nitrogen and oxygen atoms in total. The lowest BCUT2D eigenvalue weighted by Crippen LogP contribution is -1.72. The van der Waals surface area contributed by atoms with Crippen LogP contribution in [0.25, 0.3) is 0 Å². The summed E-state index contributed by atoms with van der Waals surface area (Å²) in [5.74, 6) is 6.23. The van der Waals surface area contributed by atoms with Gasteiger partial charge in [-0.15, -0.1) is 5.92 Å². The van der Waals surface area contributed by atoms with E-state index in [1.165, 1.54) is 19.3 Å². The quantitative estimate of drug-likeness (QED) is 0.327. The Morgan fingerprint density at radius 1 is 1.27 bits per heavy atom. The number of hydrogen-bond donors (Lipinski definition) is 0. The molecule has 0 amide bonds. The molecular weight excluding hydrogens is 132 g/mol. The molecule has 0 aromatic rings. The van der Waals surface area contributed by atoms with Crippen LogP contribution in [0.1, 0.15) is 46.0 Å². The molecule has 0 spiro atoms. The molecular formula is C11H18. The van der Waals surface area contributed by atoms with Crippen molar-refractivity contribution in [3.63, 3.8) is 0 Å². The van der Waals surface area contributed by atoms with Crippen molar-refractivity contribution in [2.24, 2.45) is 0 Å². The molecule has 0 aliphatic rings. The highest BCUT2D eigenvalue weighted by Gasteiger charge is 1.80. The normalized spacial score (nSPS) is 8.55. The Morgan fingerprint density at radius 2 is 2.00 bits per heavy atom. The molecule has 0 radical (unpaired) electrons. The van der Waals surface area contributed by atoms with Gasteiger partial charge in [-0.3, -0.25) is 0 Å². The number of rotatable bonds is 4. The third kappa shape index (κ3) is 9.30. The molecule has 0 bridgehead atoms. The van der Waals surface area contributed by atoms with Gasteiger partial charge in [0.1, 0.15) is 0 Å². The van der Waals surface area contributed by atoms with Gasteiger partial charge in [0, 0.05) is 12.8 Å². The van der Waals surface area contributed by atoms with Crippen LogP contribution in [0.5, 0.6) is 0 Å². The molecule has 0 unspecified atom stereocenters. The van der Waals surface area contributed by atoms with Crippen molar-refractivity contribution in [1.82, 2.24) is 0 Å². The van der Waals surface area contributed by atoms with Gasteiger partial charge < -0.3 is 0 Å². The summed E-state index contributed by atoms with van der Waals surface area (Å²) in [4.78, 5) is 0. The average Bonchev–Trinajstić information content (AvgIpc) is 1.96. The minimum atomic E-state index is 0.867. The van der Waals surface area contributed by atoms with Gasteiger partial charge >= 0.3 is 0 Å². The summed E-state index contributed by atoms with van der Waals surface area (Å²) < 4.78 is 0. The summed E-state index contributed by atoms with van der Waals surface area (Å²) in [6, 6.07) is 0. The summed E-state index contributed by atoms with van der Waals surface area (Å²) in [5.41, 5.74) is 1.16. The lowest BCUT2D eigenvalue weighted by atomic mass is 10.2. The molecule has 0 fully saturated rings. The van der Waals surface area contributed by atoms with Gasteiger partial charge in [0.05, 0.1) is 0 Å². The van der Waals surface area contributed by atoms with Crippen LogP contribution in [0, 0.1) is 11.8 Å². The van der Waals surface area contributed by atoms with Crippen molar-refractivity contribution in [2.75, 3.05) is 0 Å². The molecule has 0 rings (SSSR count). The van der Waals surface area contributed by atoms with E-state index in [0.29, 0.717) is 0 Å². The molecule has 0 atom stereocenters. The molecule has 0 aliphatic carbocycles. The first-order valence-electron chi connectivity index (χ1n) is 4.37. The Bertz CT molecular complexity index is 155. The second-order valence-electron chi connectivity index (χ2n) is 2.94. The highest BCUT2D eigenvalue weighted by atomic mass is 13.9. The molecule has 62 valence electrons. The molecule has 0 heterocycles. The second kappa shape index (κ2) is 7.41. The lowest BCUT2D eigenvalue weighted by Gasteiger charge is -1.88. The summed E-state index contributed by atoms with van der Waals surface area (Å²) in [6.07, 6.45) is 5.76. The average molecular weight is 150 g/mol. The molecule has 0 saturated carbocycles. The minimum absolute atomic E-state index is 0.867. The van der Waals surface area contributed by atoms with E-state index in [-0.39, 0.29) is 0 Å². The Labute approximate surface area is 70.7 Å². The minimum Gasteiger partial charge on any atom is -0.103 e. The lowest BCUT2D eigenvalue weighted by molar-refractivity contribution is 0.737. The fourth-order valence-corrected chi connectivity index (χ4v) is 0.765. The zero-order valence-corrected chi connectivity index (χ0v) is 7.74. The van der Waals surface area contributed by atoms with E-state index in [0.717, 1.165) is 18.4 Å². The van der Waals surface area contributed by atoms with E-state index >= 15 is 0 Å². The predicted molar refractivity (Wildman–Crippen MR) is 51.3 cm³/mol. The molecule has 0 aromatic heterocycles. The maximum Gasteiger partial charge on any atom is 0.0293 e. The molecule has 0 saturated heterocycles. The number of allylic oxidation sites excluding steroid dienone is 1. The van der Waals surface area contributed by atoms with Gasteiger partial charge in [-0.2, -0.15) is 0 Å². The van der Waals surface area contributed by atoms with E-state index in [9.17, 15) is 0 Å². The maximum atomic E-state index is 3.79. The first-order valence-corrected chi connectivity index (χ1v) is 4.37. The van der Waals surface area contributed by atoms with Crippen molar-refractivity contribution >= 4 is 0 Å². The predicted octanol–water partition coefficient (Wildman–Crippen LogP) is 3.54. The van der Waals surface area contributed by atoms with Crippen LogP contribution in [-0.4, -0.2) is 0 Å². The van der Waals surface area contributed by atoms with Crippen molar-refractivity contribution < 1.29 is 0 Å². The third-order valence-corrected chi connectivity index (χ3v) is 1.42. The maximum absolute atomic E-state index is 3.79. The van der Waals surface area contributed by atoms with Gasteiger partial charge in [-0.25, -0.2) is 0 Å². The second-order valence-corrected chi connectivity index (χ2v) is 2.94. The zero-order chi connectivity index (χ0) is 8.53. The molecule has 0 N–H and O–H groups in total. The Morgan fingerprint density at radius 3 is 2.55 bits per heavy atom. The highest BCUT2D eigenvalue weighted by Crippen LogP contribution is 1.97. The first-order chi connectivity index (χ1) is 5.27. The number of unbranched alkanes of at least 4 members (excludes halogenated alkanes) is 3. The van der Waals surface area contributed by atoms with Crippen LogP contribution in [0.15, 0.2) is 12.2 Å². The molecule has 0 aromatic carbocycles. The monoisotopic (exact) mass is 150 g/mol. The van der Waals surface area contributed by atoms with Crippen LogP contribution >= 0.6 is 0 Å². The van der Waals surface area contributed by atoms with Gasteiger partial charge in [-0.05, 0) is 13.3 Å². The van der Waals surface area contributed by atoms with E-state index < -0.39 is 0 Å². The molecule has 11 heavy (non-hydrogen) atoms. The smallest absolute Gasteiger partial charge is 0.0293 e. The SMILES string of the molecule is C=C(C)CC#CCCCCC. The Balaban J connectivity index is 3.19. The van der Waals surface area contributed by atoms with Crippen molar-refractivity contribution in [1.29, 1.82) is 0 Å². The van der Waals surface area contributed by atoms with Gasteiger partial charge in [0.15, 0.2) is 0 Å². The molecule has 0 aliphatic heterocycles. The summed E-state index contributed by atoms with van der Waals surface area (Å²) in [7, 11) is 0. The van der Waals surface area contributed by atoms with Crippen LogP contribution in [0.2, 0.25) is 0 Å². The molecule has 0 heteroatoms.